The van der Waals surface area contributed by atoms with Gasteiger partial charge in [-0.25, -0.2) is 4.98 Å². The van der Waals surface area contributed by atoms with E-state index in [1.807, 2.05) is 24.3 Å². The molecule has 27 heavy (non-hydrogen) atoms. The van der Waals surface area contributed by atoms with Gasteiger partial charge in [0.1, 0.15) is 24.0 Å². The van der Waals surface area contributed by atoms with Crippen molar-refractivity contribution in [1.29, 1.82) is 0 Å². The van der Waals surface area contributed by atoms with Crippen LogP contribution in [0.3, 0.4) is 0 Å². The summed E-state index contributed by atoms with van der Waals surface area (Å²) in [4.78, 5) is 29.4. The molecule has 1 N–H and O–H groups in total. The van der Waals surface area contributed by atoms with Gasteiger partial charge < -0.3 is 10.1 Å². The standard InChI is InChI=1S/C19H21N5O3/c1-23-18-15(9-21-23)19(26)24(11-20-18)10-16(25)22-17(12-3-4-12)13-5-7-14(27-2)8-6-13/h5-9,11-12,17H,3-4,10H2,1-2H3,(H,22,25)/t17-/m0/s1. The number of methoxy groups -OCH3 is 1. The van der Waals surface area contributed by atoms with E-state index in [2.05, 4.69) is 15.4 Å². The molecular weight excluding hydrogens is 346 g/mol. The van der Waals surface area contributed by atoms with Crippen molar-refractivity contribution in [2.75, 3.05) is 7.11 Å². The van der Waals surface area contributed by atoms with Crippen LogP contribution in [0, 0.1) is 5.92 Å². The van der Waals surface area contributed by atoms with E-state index in [-0.39, 0.29) is 24.1 Å². The summed E-state index contributed by atoms with van der Waals surface area (Å²) in [6, 6.07) is 7.66. The normalized spacial score (nSPS) is 14.9. The fourth-order valence-corrected chi connectivity index (χ4v) is 3.27. The van der Waals surface area contributed by atoms with E-state index < -0.39 is 0 Å². The maximum absolute atomic E-state index is 12.6. The van der Waals surface area contributed by atoms with Gasteiger partial charge in [-0.1, -0.05) is 12.1 Å². The largest absolute Gasteiger partial charge is 0.497 e. The molecule has 2 heterocycles. The summed E-state index contributed by atoms with van der Waals surface area (Å²) in [7, 11) is 3.35. The number of amides is 1. The summed E-state index contributed by atoms with van der Waals surface area (Å²) in [5.41, 5.74) is 1.28. The Kier molecular flexibility index (Phi) is 4.39. The van der Waals surface area contributed by atoms with E-state index in [0.717, 1.165) is 24.2 Å². The van der Waals surface area contributed by atoms with Crippen molar-refractivity contribution < 1.29 is 9.53 Å². The molecule has 0 spiro atoms. The number of hydrogen-bond acceptors (Lipinski definition) is 5. The lowest BCUT2D eigenvalue weighted by atomic mass is 10.0. The Labute approximate surface area is 155 Å². The Morgan fingerprint density at radius 3 is 2.74 bits per heavy atom. The minimum absolute atomic E-state index is 0.0609. The van der Waals surface area contributed by atoms with E-state index in [4.69, 9.17) is 4.74 Å². The molecule has 1 aliphatic carbocycles. The first kappa shape index (κ1) is 17.3. The van der Waals surface area contributed by atoms with Crippen LogP contribution in [0.25, 0.3) is 11.0 Å². The molecule has 1 saturated carbocycles. The molecule has 2 aromatic heterocycles. The summed E-state index contributed by atoms with van der Waals surface area (Å²) >= 11 is 0. The quantitative estimate of drug-likeness (QED) is 0.711. The predicted octanol–water partition coefficient (Wildman–Crippen LogP) is 1.41. The van der Waals surface area contributed by atoms with Crippen molar-refractivity contribution in [1.82, 2.24) is 24.6 Å². The maximum Gasteiger partial charge on any atom is 0.264 e. The second-order valence-corrected chi connectivity index (χ2v) is 6.84. The number of ether oxygens (including phenoxy) is 1. The van der Waals surface area contributed by atoms with Crippen LogP contribution in [0.1, 0.15) is 24.4 Å². The van der Waals surface area contributed by atoms with Gasteiger partial charge in [0, 0.05) is 7.05 Å². The monoisotopic (exact) mass is 367 g/mol. The van der Waals surface area contributed by atoms with Crippen LogP contribution < -0.4 is 15.6 Å². The molecule has 140 valence electrons. The third-order valence-electron chi connectivity index (χ3n) is 4.92. The minimum atomic E-state index is -0.268. The second-order valence-electron chi connectivity index (χ2n) is 6.84. The van der Waals surface area contributed by atoms with Crippen LogP contribution in [0.2, 0.25) is 0 Å². The van der Waals surface area contributed by atoms with Crippen LogP contribution in [0.5, 0.6) is 5.75 Å². The van der Waals surface area contributed by atoms with Crippen molar-refractivity contribution in [3.63, 3.8) is 0 Å². The van der Waals surface area contributed by atoms with E-state index in [1.54, 1.807) is 14.2 Å². The average Bonchev–Trinajstić information content (AvgIpc) is 3.45. The highest BCUT2D eigenvalue weighted by Crippen LogP contribution is 2.41. The van der Waals surface area contributed by atoms with Gasteiger partial charge in [-0.3, -0.25) is 18.8 Å². The first-order valence-electron chi connectivity index (χ1n) is 8.87. The molecule has 4 rings (SSSR count). The smallest absolute Gasteiger partial charge is 0.264 e. The molecule has 8 nitrogen and oxygen atoms in total. The number of nitrogens with one attached hydrogen (secondary N) is 1. The number of aryl methyl sites for hydroxylation is 1. The number of aromatic nitrogens is 4. The number of carbonyl (C=O) groups excluding carboxylic acids is 1. The van der Waals surface area contributed by atoms with Gasteiger partial charge in [-0.15, -0.1) is 0 Å². The van der Waals surface area contributed by atoms with Gasteiger partial charge in [0.15, 0.2) is 5.65 Å². The number of rotatable bonds is 6. The Morgan fingerprint density at radius 1 is 1.33 bits per heavy atom. The van der Waals surface area contributed by atoms with Crippen LogP contribution in [0.4, 0.5) is 0 Å². The molecule has 3 aromatic rings. The van der Waals surface area contributed by atoms with Crippen molar-refractivity contribution >= 4 is 16.9 Å². The van der Waals surface area contributed by atoms with Gasteiger partial charge in [0.25, 0.3) is 5.56 Å². The van der Waals surface area contributed by atoms with E-state index in [1.165, 1.54) is 21.8 Å². The Morgan fingerprint density at radius 2 is 2.07 bits per heavy atom. The number of fused-ring (bicyclic) bond motifs is 1. The van der Waals surface area contributed by atoms with Crippen LogP contribution in [-0.4, -0.2) is 32.3 Å². The highest BCUT2D eigenvalue weighted by molar-refractivity contribution is 5.77. The molecule has 1 aliphatic rings. The molecule has 8 heteroatoms. The van der Waals surface area contributed by atoms with Crippen molar-refractivity contribution in [3.8, 4) is 5.75 Å². The number of nitrogens with zero attached hydrogens (tertiary/aromatic N) is 4. The topological polar surface area (TPSA) is 91.0 Å². The van der Waals surface area contributed by atoms with E-state index in [0.29, 0.717) is 17.0 Å². The molecule has 0 unspecified atom stereocenters. The van der Waals surface area contributed by atoms with Crippen molar-refractivity contribution in [2.24, 2.45) is 13.0 Å². The summed E-state index contributed by atoms with van der Waals surface area (Å²) in [5, 5.41) is 7.52. The molecular formula is C19H21N5O3. The molecule has 0 bridgehead atoms. The highest BCUT2D eigenvalue weighted by Gasteiger charge is 2.33. The highest BCUT2D eigenvalue weighted by atomic mass is 16.5. The van der Waals surface area contributed by atoms with Crippen molar-refractivity contribution in [2.45, 2.75) is 25.4 Å². The van der Waals surface area contributed by atoms with E-state index in [9.17, 15) is 9.59 Å². The zero-order chi connectivity index (χ0) is 19.0. The zero-order valence-electron chi connectivity index (χ0n) is 15.3. The summed E-state index contributed by atoms with van der Waals surface area (Å²) in [6.07, 6.45) is 5.04. The first-order valence-corrected chi connectivity index (χ1v) is 8.87. The molecule has 0 saturated heterocycles. The number of benzene rings is 1. The molecule has 0 radical (unpaired) electrons. The van der Waals surface area contributed by atoms with Gasteiger partial charge in [-0.05, 0) is 36.5 Å². The third kappa shape index (κ3) is 3.42. The Hall–Kier alpha value is -3.16. The van der Waals surface area contributed by atoms with Gasteiger partial charge in [-0.2, -0.15) is 5.10 Å². The molecule has 1 aromatic carbocycles. The Balaban J connectivity index is 1.52. The first-order chi connectivity index (χ1) is 13.1. The summed E-state index contributed by atoms with van der Waals surface area (Å²) < 4.78 is 8.05. The molecule has 0 aliphatic heterocycles. The van der Waals surface area contributed by atoms with Gasteiger partial charge in [0.05, 0.1) is 19.3 Å². The lowest BCUT2D eigenvalue weighted by molar-refractivity contribution is -0.122. The lowest BCUT2D eigenvalue weighted by Crippen LogP contribution is -2.35. The SMILES string of the molecule is COc1ccc([C@@H](NC(=O)Cn2cnc3c(cnn3C)c2=O)C2CC2)cc1. The number of hydrogen-bond donors (Lipinski definition) is 1. The average molecular weight is 367 g/mol. The van der Waals surface area contributed by atoms with Crippen molar-refractivity contribution in [3.05, 3.63) is 52.7 Å². The van der Waals surface area contributed by atoms with Gasteiger partial charge >= 0.3 is 0 Å². The predicted molar refractivity (Wildman–Crippen MR) is 99.4 cm³/mol. The molecule has 1 fully saturated rings. The summed E-state index contributed by atoms with van der Waals surface area (Å²) in [5.74, 6) is 0.995. The minimum Gasteiger partial charge on any atom is -0.497 e. The lowest BCUT2D eigenvalue weighted by Gasteiger charge is -2.19. The van der Waals surface area contributed by atoms with E-state index >= 15 is 0 Å². The fourth-order valence-electron chi connectivity index (χ4n) is 3.27. The third-order valence-corrected chi connectivity index (χ3v) is 4.92. The fraction of sp³-hybridized carbons (Fsp3) is 0.368. The van der Waals surface area contributed by atoms with Crippen LogP contribution >= 0.6 is 0 Å². The molecule has 1 amide bonds. The summed E-state index contributed by atoms with van der Waals surface area (Å²) in [6.45, 7) is -0.0734. The number of carbonyl (C=O) groups is 1. The van der Waals surface area contributed by atoms with Crippen LogP contribution in [0.15, 0.2) is 41.6 Å². The Bertz CT molecular complexity index is 1030. The van der Waals surface area contributed by atoms with Gasteiger partial charge in [0.2, 0.25) is 5.91 Å². The van der Waals surface area contributed by atoms with Crippen LogP contribution in [-0.2, 0) is 18.4 Å². The zero-order valence-corrected chi connectivity index (χ0v) is 15.3. The molecule has 1 atom stereocenters. The second kappa shape index (κ2) is 6.86. The maximum atomic E-state index is 12.6.